The van der Waals surface area contributed by atoms with Crippen LogP contribution in [0, 0.1) is 0 Å². The first-order valence-corrected chi connectivity index (χ1v) is 9.82. The van der Waals surface area contributed by atoms with Crippen LogP contribution in [-0.4, -0.2) is 49.1 Å². The van der Waals surface area contributed by atoms with Gasteiger partial charge in [0.1, 0.15) is 0 Å². The number of rotatable bonds is 5. The monoisotopic (exact) mass is 406 g/mol. The molecule has 1 aliphatic rings. The van der Waals surface area contributed by atoms with Gasteiger partial charge in [0.05, 0.1) is 19.3 Å². The number of amides is 1. The molecule has 0 N–H and O–H groups in total. The lowest BCUT2D eigenvalue weighted by Crippen LogP contribution is -2.35. The molecule has 1 atom stereocenters. The minimum Gasteiger partial charge on any atom is -0.379 e. The molecule has 3 rings (SSSR count). The second-order valence-electron chi connectivity index (χ2n) is 6.85. The Balaban J connectivity index is 1.73. The van der Waals surface area contributed by atoms with Gasteiger partial charge in [-0.2, -0.15) is 0 Å². The molecule has 0 saturated carbocycles. The highest BCUT2D eigenvalue weighted by molar-refractivity contribution is 6.35. The second kappa shape index (κ2) is 9.07. The lowest BCUT2D eigenvalue weighted by molar-refractivity contribution is 0.0341. The number of carbonyl (C=O) groups excluding carboxylic acids is 1. The molecule has 0 aromatic heterocycles. The molecule has 144 valence electrons. The molecule has 1 heterocycles. The molecule has 4 nitrogen and oxygen atoms in total. The predicted molar refractivity (Wildman–Crippen MR) is 110 cm³/mol. The summed E-state index contributed by atoms with van der Waals surface area (Å²) in [5.41, 5.74) is 2.69. The van der Waals surface area contributed by atoms with Crippen molar-refractivity contribution >= 4 is 29.1 Å². The van der Waals surface area contributed by atoms with E-state index < -0.39 is 0 Å². The van der Waals surface area contributed by atoms with E-state index in [0.29, 0.717) is 15.6 Å². The molecule has 1 unspecified atom stereocenters. The van der Waals surface area contributed by atoms with Gasteiger partial charge in [0, 0.05) is 42.3 Å². The Hall–Kier alpha value is -1.59. The Labute approximate surface area is 170 Å². The quantitative estimate of drug-likeness (QED) is 0.723. The molecule has 0 radical (unpaired) electrons. The number of ether oxygens (including phenoxy) is 1. The summed E-state index contributed by atoms with van der Waals surface area (Å²) >= 11 is 12.3. The molecule has 0 bridgehead atoms. The first-order valence-electron chi connectivity index (χ1n) is 9.07. The third-order valence-electron chi connectivity index (χ3n) is 5.00. The van der Waals surface area contributed by atoms with Crippen molar-refractivity contribution in [2.75, 3.05) is 33.4 Å². The van der Waals surface area contributed by atoms with Crippen molar-refractivity contribution in [2.45, 2.75) is 19.5 Å². The summed E-state index contributed by atoms with van der Waals surface area (Å²) in [6.07, 6.45) is 0. The van der Waals surface area contributed by atoms with E-state index in [4.69, 9.17) is 27.9 Å². The topological polar surface area (TPSA) is 32.8 Å². The van der Waals surface area contributed by atoms with Crippen LogP contribution in [0.3, 0.4) is 0 Å². The lowest BCUT2D eigenvalue weighted by atomic mass is 10.0. The van der Waals surface area contributed by atoms with Crippen LogP contribution < -0.4 is 0 Å². The molecular formula is C21H24Cl2N2O2. The van der Waals surface area contributed by atoms with Gasteiger partial charge in [0.2, 0.25) is 0 Å². The number of morpholine rings is 1. The molecule has 1 amide bonds. The summed E-state index contributed by atoms with van der Waals surface area (Å²) in [5.74, 6) is -0.0302. The first kappa shape index (κ1) is 20.2. The number of carbonyl (C=O) groups is 1. The number of benzene rings is 2. The van der Waals surface area contributed by atoms with Crippen molar-refractivity contribution in [3.05, 3.63) is 69.2 Å². The summed E-state index contributed by atoms with van der Waals surface area (Å²) < 4.78 is 5.39. The molecule has 2 aromatic rings. The Morgan fingerprint density at radius 3 is 2.63 bits per heavy atom. The van der Waals surface area contributed by atoms with Crippen LogP contribution in [0.2, 0.25) is 10.0 Å². The van der Waals surface area contributed by atoms with Crippen LogP contribution in [0.25, 0.3) is 0 Å². The number of hydrogen-bond donors (Lipinski definition) is 0. The molecule has 0 aliphatic carbocycles. The molecule has 0 spiro atoms. The average molecular weight is 407 g/mol. The van der Waals surface area contributed by atoms with Gasteiger partial charge in [-0.1, -0.05) is 41.4 Å². The molecule has 1 aliphatic heterocycles. The summed E-state index contributed by atoms with van der Waals surface area (Å²) in [5, 5.41) is 1.15. The molecular weight excluding hydrogens is 383 g/mol. The van der Waals surface area contributed by atoms with E-state index >= 15 is 0 Å². The fourth-order valence-electron chi connectivity index (χ4n) is 3.25. The van der Waals surface area contributed by atoms with E-state index in [2.05, 4.69) is 11.0 Å². The van der Waals surface area contributed by atoms with Crippen LogP contribution in [0.4, 0.5) is 0 Å². The Kier molecular flexibility index (Phi) is 6.77. The third-order valence-corrected chi connectivity index (χ3v) is 5.56. The van der Waals surface area contributed by atoms with E-state index in [9.17, 15) is 4.79 Å². The lowest BCUT2D eigenvalue weighted by Gasteiger charge is -2.28. The minimum atomic E-state index is -0.162. The van der Waals surface area contributed by atoms with Crippen LogP contribution in [-0.2, 0) is 11.3 Å². The molecule has 1 saturated heterocycles. The van der Waals surface area contributed by atoms with Gasteiger partial charge in [-0.05, 0) is 42.3 Å². The van der Waals surface area contributed by atoms with Gasteiger partial charge in [-0.15, -0.1) is 0 Å². The smallest absolute Gasteiger partial charge is 0.254 e. The summed E-state index contributed by atoms with van der Waals surface area (Å²) in [6.45, 7) is 6.16. The van der Waals surface area contributed by atoms with E-state index in [1.807, 2.05) is 31.2 Å². The van der Waals surface area contributed by atoms with Crippen molar-refractivity contribution in [3.8, 4) is 0 Å². The van der Waals surface area contributed by atoms with Crippen LogP contribution in [0.1, 0.15) is 34.5 Å². The van der Waals surface area contributed by atoms with E-state index in [0.717, 1.165) is 44.0 Å². The highest BCUT2D eigenvalue weighted by Gasteiger charge is 2.21. The van der Waals surface area contributed by atoms with Gasteiger partial charge in [-0.25, -0.2) is 0 Å². The fraction of sp³-hybridized carbons (Fsp3) is 0.381. The zero-order valence-electron chi connectivity index (χ0n) is 15.6. The Bertz CT molecular complexity index is 807. The van der Waals surface area contributed by atoms with Gasteiger partial charge in [0.25, 0.3) is 5.91 Å². The van der Waals surface area contributed by atoms with Crippen LogP contribution in [0.5, 0.6) is 0 Å². The highest BCUT2D eigenvalue weighted by Crippen LogP contribution is 2.29. The summed E-state index contributed by atoms with van der Waals surface area (Å²) in [6, 6.07) is 13.0. The number of hydrogen-bond acceptors (Lipinski definition) is 3. The fourth-order valence-corrected chi connectivity index (χ4v) is 3.82. The van der Waals surface area contributed by atoms with E-state index in [-0.39, 0.29) is 11.9 Å². The SMILES string of the molecule is CC(c1ccc(Cl)cc1Cl)N(C)C(=O)c1cccc(CN2CCOCC2)c1. The molecule has 1 fully saturated rings. The largest absolute Gasteiger partial charge is 0.379 e. The zero-order chi connectivity index (χ0) is 19.4. The molecule has 2 aromatic carbocycles. The maximum absolute atomic E-state index is 13.0. The minimum absolute atomic E-state index is 0.0302. The van der Waals surface area contributed by atoms with Crippen molar-refractivity contribution in [3.63, 3.8) is 0 Å². The first-order chi connectivity index (χ1) is 13.0. The van der Waals surface area contributed by atoms with Crippen molar-refractivity contribution in [2.24, 2.45) is 0 Å². The maximum Gasteiger partial charge on any atom is 0.254 e. The third kappa shape index (κ3) is 5.02. The standard InChI is InChI=1S/C21H24Cl2N2O2/c1-15(19-7-6-18(22)13-20(19)23)24(2)21(26)17-5-3-4-16(12-17)14-25-8-10-27-11-9-25/h3-7,12-13,15H,8-11,14H2,1-2H3. The van der Waals surface area contributed by atoms with Gasteiger partial charge in [-0.3, -0.25) is 9.69 Å². The van der Waals surface area contributed by atoms with Crippen molar-refractivity contribution < 1.29 is 9.53 Å². The van der Waals surface area contributed by atoms with Crippen molar-refractivity contribution in [1.82, 2.24) is 9.80 Å². The normalized spacial score (nSPS) is 16.1. The number of halogens is 2. The van der Waals surface area contributed by atoms with Crippen LogP contribution >= 0.6 is 23.2 Å². The number of nitrogens with zero attached hydrogens (tertiary/aromatic N) is 2. The van der Waals surface area contributed by atoms with E-state index in [1.54, 1.807) is 24.1 Å². The van der Waals surface area contributed by atoms with Crippen LogP contribution in [0.15, 0.2) is 42.5 Å². The summed E-state index contributed by atoms with van der Waals surface area (Å²) in [7, 11) is 1.80. The molecule has 6 heteroatoms. The van der Waals surface area contributed by atoms with E-state index in [1.165, 1.54) is 0 Å². The Morgan fingerprint density at radius 2 is 1.93 bits per heavy atom. The predicted octanol–water partition coefficient (Wildman–Crippen LogP) is 4.66. The van der Waals surface area contributed by atoms with Crippen molar-refractivity contribution in [1.29, 1.82) is 0 Å². The zero-order valence-corrected chi connectivity index (χ0v) is 17.1. The summed E-state index contributed by atoms with van der Waals surface area (Å²) in [4.78, 5) is 17.1. The van der Waals surface area contributed by atoms with Gasteiger partial charge < -0.3 is 9.64 Å². The molecule has 27 heavy (non-hydrogen) atoms. The Morgan fingerprint density at radius 1 is 1.19 bits per heavy atom. The maximum atomic E-state index is 13.0. The highest BCUT2D eigenvalue weighted by atomic mass is 35.5. The van der Waals surface area contributed by atoms with Gasteiger partial charge in [0.15, 0.2) is 0 Å². The van der Waals surface area contributed by atoms with Gasteiger partial charge >= 0.3 is 0 Å². The average Bonchev–Trinajstić information content (AvgIpc) is 2.67. The second-order valence-corrected chi connectivity index (χ2v) is 7.69.